The molecule has 1 rings (SSSR count). The first-order valence-electron chi connectivity index (χ1n) is 5.89. The Hall–Kier alpha value is -1.40. The SMILES string of the molecule is COCCCNC(=O)C(=O)Nc1ccc(C)cc1Br. The van der Waals surface area contributed by atoms with Gasteiger partial charge in [-0.2, -0.15) is 0 Å². The van der Waals surface area contributed by atoms with E-state index < -0.39 is 11.8 Å². The zero-order valence-corrected chi connectivity index (χ0v) is 12.5. The van der Waals surface area contributed by atoms with Crippen LogP contribution in [0, 0.1) is 6.92 Å². The first kappa shape index (κ1) is 15.7. The van der Waals surface area contributed by atoms with Gasteiger partial charge in [-0.3, -0.25) is 9.59 Å². The molecule has 6 heteroatoms. The van der Waals surface area contributed by atoms with Gasteiger partial charge in [-0.25, -0.2) is 0 Å². The van der Waals surface area contributed by atoms with Gasteiger partial charge in [0.1, 0.15) is 0 Å². The van der Waals surface area contributed by atoms with E-state index in [1.807, 2.05) is 19.1 Å². The predicted molar refractivity (Wildman–Crippen MR) is 77.0 cm³/mol. The number of benzene rings is 1. The standard InChI is InChI=1S/C13H17BrN2O3/c1-9-4-5-11(10(14)8-9)16-13(18)12(17)15-6-3-7-19-2/h4-5,8H,3,6-7H2,1-2H3,(H,15,17)(H,16,18). The molecule has 0 aliphatic rings. The largest absolute Gasteiger partial charge is 0.385 e. The van der Waals surface area contributed by atoms with E-state index in [-0.39, 0.29) is 0 Å². The molecule has 5 nitrogen and oxygen atoms in total. The van der Waals surface area contributed by atoms with E-state index in [9.17, 15) is 9.59 Å². The van der Waals surface area contributed by atoms with Gasteiger partial charge in [0, 0.05) is 24.7 Å². The van der Waals surface area contributed by atoms with Gasteiger partial charge in [0.05, 0.1) is 5.69 Å². The van der Waals surface area contributed by atoms with Crippen LogP contribution in [0.1, 0.15) is 12.0 Å². The molecule has 0 aliphatic heterocycles. The van der Waals surface area contributed by atoms with Crippen molar-refractivity contribution in [2.45, 2.75) is 13.3 Å². The van der Waals surface area contributed by atoms with Gasteiger partial charge >= 0.3 is 11.8 Å². The smallest absolute Gasteiger partial charge is 0.313 e. The molecule has 0 radical (unpaired) electrons. The van der Waals surface area contributed by atoms with Crippen LogP contribution >= 0.6 is 15.9 Å². The number of nitrogens with one attached hydrogen (secondary N) is 2. The minimum atomic E-state index is -0.679. The Morgan fingerprint density at radius 2 is 2.05 bits per heavy atom. The highest BCUT2D eigenvalue weighted by atomic mass is 79.9. The first-order valence-corrected chi connectivity index (χ1v) is 6.68. The van der Waals surface area contributed by atoms with Crippen molar-refractivity contribution in [1.82, 2.24) is 5.32 Å². The van der Waals surface area contributed by atoms with Gasteiger partial charge in [-0.15, -0.1) is 0 Å². The highest BCUT2D eigenvalue weighted by Crippen LogP contribution is 2.23. The van der Waals surface area contributed by atoms with Gasteiger partial charge in [-0.1, -0.05) is 6.07 Å². The average Bonchev–Trinajstić information content (AvgIpc) is 2.37. The summed E-state index contributed by atoms with van der Waals surface area (Å²) in [6.07, 6.45) is 0.670. The van der Waals surface area contributed by atoms with Crippen LogP contribution in [-0.4, -0.2) is 32.1 Å². The van der Waals surface area contributed by atoms with Crippen molar-refractivity contribution in [3.8, 4) is 0 Å². The number of aryl methyl sites for hydroxylation is 1. The molecule has 1 aromatic rings. The molecule has 104 valence electrons. The maximum absolute atomic E-state index is 11.6. The van der Waals surface area contributed by atoms with E-state index in [1.165, 1.54) is 0 Å². The number of anilines is 1. The maximum Gasteiger partial charge on any atom is 0.313 e. The van der Waals surface area contributed by atoms with Gasteiger partial charge in [0.25, 0.3) is 0 Å². The van der Waals surface area contributed by atoms with E-state index >= 15 is 0 Å². The second-order valence-electron chi connectivity index (χ2n) is 4.04. The lowest BCUT2D eigenvalue weighted by molar-refractivity contribution is -0.136. The fourth-order valence-electron chi connectivity index (χ4n) is 1.40. The number of methoxy groups -OCH3 is 1. The molecule has 0 atom stereocenters. The lowest BCUT2D eigenvalue weighted by Gasteiger charge is -2.08. The van der Waals surface area contributed by atoms with Crippen LogP contribution < -0.4 is 10.6 Å². The number of rotatable bonds is 5. The summed E-state index contributed by atoms with van der Waals surface area (Å²) in [6, 6.07) is 5.47. The van der Waals surface area contributed by atoms with Gasteiger partial charge < -0.3 is 15.4 Å². The summed E-state index contributed by atoms with van der Waals surface area (Å²) in [4.78, 5) is 23.1. The van der Waals surface area contributed by atoms with E-state index in [2.05, 4.69) is 26.6 Å². The number of halogens is 1. The topological polar surface area (TPSA) is 67.4 Å². The van der Waals surface area contributed by atoms with Crippen molar-refractivity contribution in [2.24, 2.45) is 0 Å². The van der Waals surface area contributed by atoms with Crippen molar-refractivity contribution in [3.63, 3.8) is 0 Å². The van der Waals surface area contributed by atoms with Crippen LogP contribution in [0.3, 0.4) is 0 Å². The Morgan fingerprint density at radius 1 is 1.32 bits per heavy atom. The summed E-state index contributed by atoms with van der Waals surface area (Å²) in [5.74, 6) is -1.33. The molecule has 2 amide bonds. The molecule has 0 bridgehead atoms. The van der Waals surface area contributed by atoms with Gasteiger partial charge in [0.15, 0.2) is 0 Å². The molecule has 0 saturated heterocycles. The zero-order chi connectivity index (χ0) is 14.3. The monoisotopic (exact) mass is 328 g/mol. The fourth-order valence-corrected chi connectivity index (χ4v) is 1.99. The Morgan fingerprint density at radius 3 is 2.68 bits per heavy atom. The fraction of sp³-hybridized carbons (Fsp3) is 0.385. The van der Waals surface area contributed by atoms with Crippen molar-refractivity contribution in [3.05, 3.63) is 28.2 Å². The van der Waals surface area contributed by atoms with Crippen LogP contribution in [-0.2, 0) is 14.3 Å². The molecular weight excluding hydrogens is 312 g/mol. The molecule has 0 spiro atoms. The summed E-state index contributed by atoms with van der Waals surface area (Å²) >= 11 is 3.33. The third-order valence-corrected chi connectivity index (χ3v) is 3.05. The molecular formula is C13H17BrN2O3. The number of carbonyl (C=O) groups is 2. The number of hydrogen-bond donors (Lipinski definition) is 2. The summed E-state index contributed by atoms with van der Waals surface area (Å²) in [7, 11) is 1.59. The van der Waals surface area contributed by atoms with Crippen LogP contribution in [0.2, 0.25) is 0 Å². The van der Waals surface area contributed by atoms with E-state index in [0.29, 0.717) is 25.3 Å². The molecule has 0 fully saturated rings. The second kappa shape index (κ2) is 7.91. The third kappa shape index (κ3) is 5.40. The number of amides is 2. The number of ether oxygens (including phenoxy) is 1. The zero-order valence-electron chi connectivity index (χ0n) is 11.0. The van der Waals surface area contributed by atoms with Crippen molar-refractivity contribution < 1.29 is 14.3 Å². The van der Waals surface area contributed by atoms with Crippen LogP contribution in [0.25, 0.3) is 0 Å². The lowest BCUT2D eigenvalue weighted by Crippen LogP contribution is -2.36. The quantitative estimate of drug-likeness (QED) is 0.640. The minimum Gasteiger partial charge on any atom is -0.385 e. The highest BCUT2D eigenvalue weighted by molar-refractivity contribution is 9.10. The predicted octanol–water partition coefficient (Wildman–Crippen LogP) is 1.85. The summed E-state index contributed by atoms with van der Waals surface area (Å²) in [5, 5.41) is 5.07. The molecule has 1 aromatic carbocycles. The maximum atomic E-state index is 11.6. The summed E-state index contributed by atoms with van der Waals surface area (Å²) < 4.78 is 5.59. The molecule has 0 unspecified atom stereocenters. The van der Waals surface area contributed by atoms with Gasteiger partial charge in [0.2, 0.25) is 0 Å². The number of carbonyl (C=O) groups excluding carboxylic acids is 2. The van der Waals surface area contributed by atoms with Crippen LogP contribution in [0.5, 0.6) is 0 Å². The first-order chi connectivity index (χ1) is 9.04. The van der Waals surface area contributed by atoms with E-state index in [0.717, 1.165) is 10.0 Å². The third-order valence-electron chi connectivity index (χ3n) is 2.39. The molecule has 19 heavy (non-hydrogen) atoms. The minimum absolute atomic E-state index is 0.412. The molecule has 2 N–H and O–H groups in total. The molecule has 0 heterocycles. The van der Waals surface area contributed by atoms with Crippen LogP contribution in [0.15, 0.2) is 22.7 Å². The summed E-state index contributed by atoms with van der Waals surface area (Å²) in [6.45, 7) is 2.90. The Kier molecular flexibility index (Phi) is 6.52. The molecule has 0 saturated carbocycles. The van der Waals surface area contributed by atoms with Gasteiger partial charge in [-0.05, 0) is 47.0 Å². The highest BCUT2D eigenvalue weighted by Gasteiger charge is 2.14. The Bertz CT molecular complexity index is 463. The summed E-state index contributed by atoms with van der Waals surface area (Å²) in [5.41, 5.74) is 1.64. The Balaban J connectivity index is 2.47. The van der Waals surface area contributed by atoms with Crippen molar-refractivity contribution in [2.75, 3.05) is 25.6 Å². The average molecular weight is 329 g/mol. The van der Waals surface area contributed by atoms with Crippen molar-refractivity contribution in [1.29, 1.82) is 0 Å². The van der Waals surface area contributed by atoms with Crippen molar-refractivity contribution >= 4 is 33.4 Å². The normalized spacial score (nSPS) is 10.1. The van der Waals surface area contributed by atoms with E-state index in [1.54, 1.807) is 13.2 Å². The molecule has 0 aliphatic carbocycles. The molecule has 0 aromatic heterocycles. The Labute approximate surface area is 120 Å². The second-order valence-corrected chi connectivity index (χ2v) is 4.89. The lowest BCUT2D eigenvalue weighted by atomic mass is 10.2. The number of hydrogen-bond acceptors (Lipinski definition) is 3. The van der Waals surface area contributed by atoms with E-state index in [4.69, 9.17) is 4.74 Å². The van der Waals surface area contributed by atoms with Crippen LogP contribution in [0.4, 0.5) is 5.69 Å².